The summed E-state index contributed by atoms with van der Waals surface area (Å²) in [5, 5.41) is 3.79. The van der Waals surface area contributed by atoms with Gasteiger partial charge in [0.15, 0.2) is 5.71 Å². The van der Waals surface area contributed by atoms with Crippen molar-refractivity contribution in [2.45, 2.75) is 32.3 Å². The van der Waals surface area contributed by atoms with E-state index in [4.69, 9.17) is 9.57 Å². The van der Waals surface area contributed by atoms with E-state index in [0.717, 1.165) is 12.8 Å². The number of oxime groups is 1. The molecule has 0 spiro atoms. The molecule has 0 amide bonds. The second kappa shape index (κ2) is 6.19. The van der Waals surface area contributed by atoms with Crippen molar-refractivity contribution < 1.29 is 14.4 Å². The lowest BCUT2D eigenvalue weighted by Gasteiger charge is -2.07. The van der Waals surface area contributed by atoms with Gasteiger partial charge in [0.05, 0.1) is 6.61 Å². The summed E-state index contributed by atoms with van der Waals surface area (Å²) >= 11 is 0. The Morgan fingerprint density at radius 1 is 1.44 bits per heavy atom. The van der Waals surface area contributed by atoms with Crippen molar-refractivity contribution in [3.8, 4) is 0 Å². The minimum Gasteiger partial charge on any atom is -0.461 e. The lowest BCUT2D eigenvalue weighted by Crippen LogP contribution is -2.18. The van der Waals surface area contributed by atoms with Crippen LogP contribution in [0.3, 0.4) is 0 Å². The summed E-state index contributed by atoms with van der Waals surface area (Å²) in [6, 6.07) is 10.2. The summed E-state index contributed by atoms with van der Waals surface area (Å²) in [6.07, 6.45) is 2.32. The Morgan fingerprint density at radius 2 is 2.22 bits per heavy atom. The zero-order valence-electron chi connectivity index (χ0n) is 10.5. The Morgan fingerprint density at radius 3 is 2.94 bits per heavy atom. The standard InChI is InChI=1S/C14H17NO3/c1-2-17-14(16)13-10-12(18-15-13)9-8-11-6-4-3-5-7-11/h3-7,12H,2,8-10H2,1H3. The molecule has 96 valence electrons. The molecule has 2 rings (SSSR count). The van der Waals surface area contributed by atoms with Crippen LogP contribution in [0.2, 0.25) is 0 Å². The molecule has 1 aromatic rings. The van der Waals surface area contributed by atoms with E-state index >= 15 is 0 Å². The maximum Gasteiger partial charge on any atom is 0.356 e. The smallest absolute Gasteiger partial charge is 0.356 e. The van der Waals surface area contributed by atoms with Crippen LogP contribution in [0.5, 0.6) is 0 Å². The molecule has 1 aromatic carbocycles. The lowest BCUT2D eigenvalue weighted by atomic mass is 10.0. The molecule has 4 heteroatoms. The lowest BCUT2D eigenvalue weighted by molar-refractivity contribution is -0.135. The Labute approximate surface area is 107 Å². The molecule has 0 fully saturated rings. The minimum absolute atomic E-state index is 0.00962. The predicted octanol–water partition coefficient (Wildman–Crippen LogP) is 2.33. The number of benzene rings is 1. The van der Waals surface area contributed by atoms with Crippen molar-refractivity contribution in [1.82, 2.24) is 0 Å². The molecule has 0 aliphatic carbocycles. The van der Waals surface area contributed by atoms with Gasteiger partial charge in [-0.3, -0.25) is 0 Å². The van der Waals surface area contributed by atoms with Crippen molar-refractivity contribution in [2.24, 2.45) is 5.16 Å². The average Bonchev–Trinajstić information content (AvgIpc) is 2.87. The Bertz CT molecular complexity index is 428. The molecule has 0 saturated heterocycles. The van der Waals surface area contributed by atoms with Crippen LogP contribution in [0.1, 0.15) is 25.3 Å². The number of hydrogen-bond donors (Lipinski definition) is 0. The zero-order valence-corrected chi connectivity index (χ0v) is 10.5. The molecule has 4 nitrogen and oxygen atoms in total. The summed E-state index contributed by atoms with van der Waals surface area (Å²) in [7, 11) is 0. The van der Waals surface area contributed by atoms with E-state index in [-0.39, 0.29) is 12.1 Å². The van der Waals surface area contributed by atoms with Crippen LogP contribution < -0.4 is 0 Å². The zero-order chi connectivity index (χ0) is 12.8. The third-order valence-electron chi connectivity index (χ3n) is 2.84. The number of rotatable bonds is 5. The number of carbonyl (C=O) groups excluding carboxylic acids is 1. The Balaban J connectivity index is 1.76. The highest BCUT2D eigenvalue weighted by atomic mass is 16.6. The molecule has 1 aliphatic rings. The third-order valence-corrected chi connectivity index (χ3v) is 2.84. The van der Waals surface area contributed by atoms with E-state index in [9.17, 15) is 4.79 Å². The molecule has 0 saturated carbocycles. The molecule has 1 heterocycles. The van der Waals surface area contributed by atoms with Crippen LogP contribution >= 0.6 is 0 Å². The Kier molecular flexibility index (Phi) is 4.34. The van der Waals surface area contributed by atoms with Crippen molar-refractivity contribution in [1.29, 1.82) is 0 Å². The summed E-state index contributed by atoms with van der Waals surface area (Å²) in [5.41, 5.74) is 1.67. The van der Waals surface area contributed by atoms with Gasteiger partial charge in [-0.2, -0.15) is 0 Å². The maximum atomic E-state index is 11.4. The molecule has 0 bridgehead atoms. The largest absolute Gasteiger partial charge is 0.461 e. The molecule has 1 atom stereocenters. The first-order valence-corrected chi connectivity index (χ1v) is 6.23. The molecule has 1 unspecified atom stereocenters. The molecule has 0 aromatic heterocycles. The van der Waals surface area contributed by atoms with Gasteiger partial charge in [-0.25, -0.2) is 4.79 Å². The van der Waals surface area contributed by atoms with E-state index in [0.29, 0.717) is 18.7 Å². The molecule has 0 N–H and O–H groups in total. The van der Waals surface area contributed by atoms with Crippen LogP contribution in [0, 0.1) is 0 Å². The van der Waals surface area contributed by atoms with E-state index in [1.807, 2.05) is 18.2 Å². The highest BCUT2D eigenvalue weighted by Gasteiger charge is 2.26. The fraction of sp³-hybridized carbons (Fsp3) is 0.429. The van der Waals surface area contributed by atoms with Crippen LogP contribution in [0.4, 0.5) is 0 Å². The molecular formula is C14H17NO3. The van der Waals surface area contributed by atoms with Crippen molar-refractivity contribution in [2.75, 3.05) is 6.61 Å². The molecular weight excluding hydrogens is 230 g/mol. The Hall–Kier alpha value is -1.84. The van der Waals surface area contributed by atoms with Crippen molar-refractivity contribution >= 4 is 11.7 Å². The van der Waals surface area contributed by atoms with Gasteiger partial charge in [-0.1, -0.05) is 35.5 Å². The summed E-state index contributed by atoms with van der Waals surface area (Å²) < 4.78 is 4.89. The SMILES string of the molecule is CCOC(=O)C1=NOC(CCc2ccccc2)C1. The van der Waals surface area contributed by atoms with Crippen LogP contribution in [0.15, 0.2) is 35.5 Å². The first-order valence-electron chi connectivity index (χ1n) is 6.23. The average molecular weight is 247 g/mol. The van der Waals surface area contributed by atoms with E-state index in [2.05, 4.69) is 17.3 Å². The van der Waals surface area contributed by atoms with Gasteiger partial charge in [0, 0.05) is 6.42 Å². The fourth-order valence-corrected chi connectivity index (χ4v) is 1.89. The maximum absolute atomic E-state index is 11.4. The van der Waals surface area contributed by atoms with E-state index in [1.54, 1.807) is 6.92 Å². The highest BCUT2D eigenvalue weighted by Crippen LogP contribution is 2.17. The van der Waals surface area contributed by atoms with Crippen LogP contribution in [0.25, 0.3) is 0 Å². The van der Waals surface area contributed by atoms with Gasteiger partial charge in [0.25, 0.3) is 0 Å². The number of carbonyl (C=O) groups is 1. The highest BCUT2D eigenvalue weighted by molar-refractivity contribution is 6.36. The van der Waals surface area contributed by atoms with Gasteiger partial charge in [-0.15, -0.1) is 0 Å². The van der Waals surface area contributed by atoms with Gasteiger partial charge >= 0.3 is 5.97 Å². The van der Waals surface area contributed by atoms with Crippen LogP contribution in [-0.2, 0) is 20.8 Å². The minimum atomic E-state index is -0.361. The normalized spacial score (nSPS) is 18.1. The number of aryl methyl sites for hydroxylation is 1. The predicted molar refractivity (Wildman–Crippen MR) is 68.3 cm³/mol. The van der Waals surface area contributed by atoms with Crippen LogP contribution in [-0.4, -0.2) is 24.4 Å². The monoisotopic (exact) mass is 247 g/mol. The van der Waals surface area contributed by atoms with Crippen molar-refractivity contribution in [3.63, 3.8) is 0 Å². The number of esters is 1. The van der Waals surface area contributed by atoms with Gasteiger partial charge in [-0.05, 0) is 25.3 Å². The fourth-order valence-electron chi connectivity index (χ4n) is 1.89. The van der Waals surface area contributed by atoms with Gasteiger partial charge in [0.1, 0.15) is 6.10 Å². The van der Waals surface area contributed by atoms with Gasteiger partial charge < -0.3 is 9.57 Å². The first kappa shape index (κ1) is 12.6. The summed E-state index contributed by atoms with van der Waals surface area (Å²) in [5.74, 6) is -0.361. The summed E-state index contributed by atoms with van der Waals surface area (Å²) in [4.78, 5) is 16.7. The number of nitrogens with zero attached hydrogens (tertiary/aromatic N) is 1. The second-order valence-electron chi connectivity index (χ2n) is 4.21. The number of hydrogen-bond acceptors (Lipinski definition) is 4. The molecule has 0 radical (unpaired) electrons. The third kappa shape index (κ3) is 3.32. The van der Waals surface area contributed by atoms with Gasteiger partial charge in [0.2, 0.25) is 0 Å². The quantitative estimate of drug-likeness (QED) is 0.750. The second-order valence-corrected chi connectivity index (χ2v) is 4.21. The molecule has 18 heavy (non-hydrogen) atoms. The van der Waals surface area contributed by atoms with E-state index < -0.39 is 0 Å². The first-order chi connectivity index (χ1) is 8.79. The van der Waals surface area contributed by atoms with E-state index in [1.165, 1.54) is 5.56 Å². The number of ether oxygens (including phenoxy) is 1. The summed E-state index contributed by atoms with van der Waals surface area (Å²) in [6.45, 7) is 2.15. The topological polar surface area (TPSA) is 47.9 Å². The van der Waals surface area contributed by atoms with Crippen molar-refractivity contribution in [3.05, 3.63) is 35.9 Å². The molecule has 1 aliphatic heterocycles.